The van der Waals surface area contributed by atoms with E-state index in [0.29, 0.717) is 5.57 Å². The van der Waals surface area contributed by atoms with Gasteiger partial charge in [-0.25, -0.2) is 9.78 Å². The Kier molecular flexibility index (Phi) is 3.61. The molecule has 1 aromatic rings. The predicted molar refractivity (Wildman–Crippen MR) is 53.4 cm³/mol. The fourth-order valence-corrected chi connectivity index (χ4v) is 0.981. The monoisotopic (exact) mass is 190 g/mol. The van der Waals surface area contributed by atoms with Crippen molar-refractivity contribution >= 4 is 12.0 Å². The fraction of sp³-hybridized carbons (Fsp3) is 0.0909. The summed E-state index contributed by atoms with van der Waals surface area (Å²) in [6, 6.07) is 3.82. The highest BCUT2D eigenvalue weighted by Gasteiger charge is 1.91. The lowest BCUT2D eigenvalue weighted by atomic mass is 10.2. The van der Waals surface area contributed by atoms with Gasteiger partial charge in [-0.2, -0.15) is 0 Å². The number of carboxylic acid groups (broad SMARTS) is 1. The normalized spacial score (nSPS) is 11.9. The van der Waals surface area contributed by atoms with Gasteiger partial charge in [-0.3, -0.25) is 0 Å². The highest BCUT2D eigenvalue weighted by atomic mass is 16.4. The van der Waals surface area contributed by atoms with Gasteiger partial charge in [0.05, 0.1) is 0 Å². The molecule has 14 heavy (non-hydrogen) atoms. The predicted octanol–water partition coefficient (Wildman–Crippen LogP) is 1.54. The van der Waals surface area contributed by atoms with Crippen molar-refractivity contribution in [2.75, 3.05) is 0 Å². The minimum absolute atomic E-state index is 0.710. The molecule has 0 bridgehead atoms. The molecule has 1 aromatic heterocycles. The topological polar surface area (TPSA) is 51.4 Å². The summed E-state index contributed by atoms with van der Waals surface area (Å²) in [6.07, 6.45) is 8.44. The first kappa shape index (κ1) is 10.2. The summed E-state index contributed by atoms with van der Waals surface area (Å²) in [5, 5.41) is 8.46. The molecule has 0 aliphatic rings. The number of pyridine rings is 1. The number of carbonyl (C=O) groups is 1. The highest BCUT2D eigenvalue weighted by molar-refractivity contribution is 5.81. The van der Waals surface area contributed by atoms with Crippen molar-refractivity contribution in [1.82, 2.24) is 0 Å². The molecule has 0 aliphatic carbocycles. The van der Waals surface area contributed by atoms with Crippen LogP contribution in [0.25, 0.3) is 6.08 Å². The SMILES string of the molecule is CC(C=Cc1ccc[nH+]c1)=CC(=O)O. The molecule has 0 radical (unpaired) electrons. The Labute approximate surface area is 82.4 Å². The number of rotatable bonds is 3. The van der Waals surface area contributed by atoms with Crippen molar-refractivity contribution in [2.45, 2.75) is 6.92 Å². The number of allylic oxidation sites excluding steroid dienone is 2. The van der Waals surface area contributed by atoms with Crippen LogP contribution in [0, 0.1) is 0 Å². The molecule has 0 atom stereocenters. The second-order valence-corrected chi connectivity index (χ2v) is 2.90. The number of nitrogens with one attached hydrogen (secondary N) is 1. The van der Waals surface area contributed by atoms with Gasteiger partial charge >= 0.3 is 5.97 Å². The average Bonchev–Trinajstić information content (AvgIpc) is 2.15. The minimum Gasteiger partial charge on any atom is -0.478 e. The van der Waals surface area contributed by atoms with E-state index in [9.17, 15) is 4.79 Å². The molecule has 1 rings (SSSR count). The summed E-state index contributed by atoms with van der Waals surface area (Å²) in [5.41, 5.74) is 1.71. The van der Waals surface area contributed by atoms with Crippen LogP contribution in [0.5, 0.6) is 0 Å². The number of carboxylic acids is 1. The van der Waals surface area contributed by atoms with E-state index in [0.717, 1.165) is 5.56 Å². The van der Waals surface area contributed by atoms with Gasteiger partial charge < -0.3 is 5.11 Å². The molecule has 0 saturated heterocycles. The second-order valence-electron chi connectivity index (χ2n) is 2.90. The van der Waals surface area contributed by atoms with Crippen LogP contribution in [0.2, 0.25) is 0 Å². The van der Waals surface area contributed by atoms with Crippen LogP contribution >= 0.6 is 0 Å². The first-order valence-corrected chi connectivity index (χ1v) is 4.24. The zero-order chi connectivity index (χ0) is 10.4. The number of aliphatic carboxylic acids is 1. The van der Waals surface area contributed by atoms with Crippen LogP contribution in [-0.4, -0.2) is 11.1 Å². The zero-order valence-corrected chi connectivity index (χ0v) is 7.90. The molecule has 1 heterocycles. The van der Waals surface area contributed by atoms with Crippen LogP contribution < -0.4 is 4.98 Å². The zero-order valence-electron chi connectivity index (χ0n) is 7.90. The van der Waals surface area contributed by atoms with Gasteiger partial charge in [0.25, 0.3) is 0 Å². The maximum absolute atomic E-state index is 10.3. The molecular weight excluding hydrogens is 178 g/mol. The maximum Gasteiger partial charge on any atom is 0.328 e. The molecule has 0 spiro atoms. The molecule has 0 amide bonds. The number of aromatic nitrogens is 1. The van der Waals surface area contributed by atoms with Crippen molar-refractivity contribution in [2.24, 2.45) is 0 Å². The summed E-state index contributed by atoms with van der Waals surface area (Å²) >= 11 is 0. The Morgan fingerprint density at radius 3 is 2.93 bits per heavy atom. The van der Waals surface area contributed by atoms with Gasteiger partial charge in [0.2, 0.25) is 0 Å². The Bertz CT molecular complexity index is 366. The largest absolute Gasteiger partial charge is 0.478 e. The van der Waals surface area contributed by atoms with E-state index in [4.69, 9.17) is 5.11 Å². The molecular formula is C11H12NO2+. The van der Waals surface area contributed by atoms with Crippen LogP contribution in [0.1, 0.15) is 12.5 Å². The van der Waals surface area contributed by atoms with E-state index in [1.54, 1.807) is 13.0 Å². The summed E-state index contributed by atoms with van der Waals surface area (Å²) < 4.78 is 0. The minimum atomic E-state index is -0.924. The van der Waals surface area contributed by atoms with Gasteiger partial charge in [0.1, 0.15) is 0 Å². The number of aromatic amines is 1. The Morgan fingerprint density at radius 1 is 1.57 bits per heavy atom. The maximum atomic E-state index is 10.3. The smallest absolute Gasteiger partial charge is 0.328 e. The van der Waals surface area contributed by atoms with E-state index >= 15 is 0 Å². The first-order chi connectivity index (χ1) is 6.68. The highest BCUT2D eigenvalue weighted by Crippen LogP contribution is 2.01. The summed E-state index contributed by atoms with van der Waals surface area (Å²) in [6.45, 7) is 1.75. The quantitative estimate of drug-likeness (QED) is 0.580. The molecule has 3 nitrogen and oxygen atoms in total. The third kappa shape index (κ3) is 3.67. The summed E-state index contributed by atoms with van der Waals surface area (Å²) in [7, 11) is 0. The first-order valence-electron chi connectivity index (χ1n) is 4.24. The average molecular weight is 190 g/mol. The fourth-order valence-electron chi connectivity index (χ4n) is 0.981. The van der Waals surface area contributed by atoms with Crippen molar-refractivity contribution in [3.63, 3.8) is 0 Å². The van der Waals surface area contributed by atoms with Gasteiger partial charge in [0, 0.05) is 17.7 Å². The molecule has 0 saturated carbocycles. The summed E-state index contributed by atoms with van der Waals surface area (Å²) in [5.74, 6) is -0.924. The van der Waals surface area contributed by atoms with Crippen molar-refractivity contribution in [1.29, 1.82) is 0 Å². The van der Waals surface area contributed by atoms with E-state index in [-0.39, 0.29) is 0 Å². The van der Waals surface area contributed by atoms with Gasteiger partial charge in [-0.05, 0) is 24.6 Å². The number of hydrogen-bond acceptors (Lipinski definition) is 1. The van der Waals surface area contributed by atoms with E-state index in [1.807, 2.05) is 30.6 Å². The Morgan fingerprint density at radius 2 is 2.36 bits per heavy atom. The van der Waals surface area contributed by atoms with E-state index in [2.05, 4.69) is 4.98 Å². The number of H-pyrrole nitrogens is 1. The lowest BCUT2D eigenvalue weighted by Gasteiger charge is -1.89. The third-order valence-corrected chi connectivity index (χ3v) is 1.62. The van der Waals surface area contributed by atoms with Gasteiger partial charge in [-0.1, -0.05) is 6.08 Å². The van der Waals surface area contributed by atoms with Crippen LogP contribution in [0.15, 0.2) is 42.3 Å². The molecule has 72 valence electrons. The lowest BCUT2D eigenvalue weighted by Crippen LogP contribution is -1.97. The molecule has 0 aromatic carbocycles. The summed E-state index contributed by atoms with van der Waals surface area (Å²) in [4.78, 5) is 13.2. The molecule has 0 unspecified atom stereocenters. The van der Waals surface area contributed by atoms with E-state index < -0.39 is 5.97 Å². The van der Waals surface area contributed by atoms with Crippen molar-refractivity contribution in [3.05, 3.63) is 47.8 Å². The van der Waals surface area contributed by atoms with Crippen LogP contribution in [-0.2, 0) is 4.79 Å². The van der Waals surface area contributed by atoms with E-state index in [1.165, 1.54) is 6.08 Å². The van der Waals surface area contributed by atoms with Gasteiger partial charge in [0.15, 0.2) is 12.4 Å². The molecule has 0 fully saturated rings. The van der Waals surface area contributed by atoms with Crippen LogP contribution in [0.3, 0.4) is 0 Å². The van der Waals surface area contributed by atoms with Crippen molar-refractivity contribution in [3.8, 4) is 0 Å². The Hall–Kier alpha value is -1.90. The standard InChI is InChI=1S/C11H11NO2/c1-9(7-11(13)14)4-5-10-3-2-6-12-8-10/h2-8H,1H3,(H,13,14)/p+1. The second kappa shape index (κ2) is 4.97. The Balaban J connectivity index is 2.70. The van der Waals surface area contributed by atoms with Crippen molar-refractivity contribution < 1.29 is 14.9 Å². The lowest BCUT2D eigenvalue weighted by molar-refractivity contribution is -0.378. The molecule has 3 heteroatoms. The van der Waals surface area contributed by atoms with Gasteiger partial charge in [-0.15, -0.1) is 0 Å². The molecule has 0 aliphatic heterocycles. The molecule has 2 N–H and O–H groups in total. The number of hydrogen-bond donors (Lipinski definition) is 1. The third-order valence-electron chi connectivity index (χ3n) is 1.62. The van der Waals surface area contributed by atoms with Crippen LogP contribution in [0.4, 0.5) is 0 Å².